The van der Waals surface area contributed by atoms with Gasteiger partial charge in [0.15, 0.2) is 5.82 Å². The number of aliphatic hydroxyl groups excluding tert-OH is 1. The van der Waals surface area contributed by atoms with Crippen LogP contribution in [0.5, 0.6) is 0 Å². The molecule has 1 aliphatic rings. The lowest BCUT2D eigenvalue weighted by atomic mass is 9.85. The molecule has 1 aromatic carbocycles. The average Bonchev–Trinajstić information content (AvgIpc) is 3.03. The number of aliphatic hydroxyl groups is 1. The second-order valence-corrected chi connectivity index (χ2v) is 8.45. The number of ketones is 1. The minimum absolute atomic E-state index is 0.0184. The number of hydrogen-bond acceptors (Lipinski definition) is 5. The molecule has 3 rings (SSSR count). The molecule has 2 aromatic rings. The van der Waals surface area contributed by atoms with Crippen molar-refractivity contribution in [2.45, 2.75) is 40.2 Å². The molecule has 0 radical (unpaired) electrons. The van der Waals surface area contributed by atoms with Crippen molar-refractivity contribution in [3.63, 3.8) is 0 Å². The molecule has 1 atom stereocenters. The number of halogens is 1. The van der Waals surface area contributed by atoms with E-state index in [1.54, 1.807) is 0 Å². The molecule has 1 aliphatic heterocycles. The molecule has 148 valence electrons. The van der Waals surface area contributed by atoms with Crippen molar-refractivity contribution in [1.29, 1.82) is 0 Å². The molecule has 0 bridgehead atoms. The van der Waals surface area contributed by atoms with Gasteiger partial charge in [-0.25, -0.2) is 4.98 Å². The highest BCUT2D eigenvalue weighted by molar-refractivity contribution is 6.34. The van der Waals surface area contributed by atoms with Crippen LogP contribution in [0, 0.1) is 5.41 Å². The van der Waals surface area contributed by atoms with Crippen molar-refractivity contribution in [3.05, 3.63) is 23.0 Å². The molecule has 0 aliphatic carbocycles. The Hall–Kier alpha value is -1.63. The van der Waals surface area contributed by atoms with E-state index >= 15 is 0 Å². The van der Waals surface area contributed by atoms with Gasteiger partial charge in [-0.05, 0) is 25.5 Å². The zero-order valence-corrected chi connectivity index (χ0v) is 17.3. The highest BCUT2D eigenvalue weighted by atomic mass is 35.5. The standard InChI is InChI=1S/C20H29ClN4O2/c1-5-20(3,4)18(27)19-22-15-10-14(21)17(11-16(15)23-19)25-7-6-24(8-9-26)12-13(25)2/h10-11,13,26H,5-9,12H2,1-4H3,(H,22,23)/t13-/m1/s1. The van der Waals surface area contributed by atoms with E-state index in [1.165, 1.54) is 0 Å². The normalized spacial score (nSPS) is 19.0. The van der Waals surface area contributed by atoms with Crippen LogP contribution < -0.4 is 4.90 Å². The van der Waals surface area contributed by atoms with E-state index in [9.17, 15) is 4.79 Å². The lowest BCUT2D eigenvalue weighted by Crippen LogP contribution is -2.52. The number of rotatable bonds is 6. The Morgan fingerprint density at radius 1 is 1.41 bits per heavy atom. The Morgan fingerprint density at radius 2 is 2.15 bits per heavy atom. The Kier molecular flexibility index (Phi) is 5.79. The number of carbonyl (C=O) groups excluding carboxylic acids is 1. The van der Waals surface area contributed by atoms with Crippen LogP contribution in [0.25, 0.3) is 11.0 Å². The summed E-state index contributed by atoms with van der Waals surface area (Å²) in [5.74, 6) is 0.413. The maximum absolute atomic E-state index is 12.7. The number of imidazole rings is 1. The van der Waals surface area contributed by atoms with Crippen LogP contribution in [0.15, 0.2) is 12.1 Å². The molecular formula is C20H29ClN4O2. The maximum Gasteiger partial charge on any atom is 0.203 e. The van der Waals surface area contributed by atoms with Crippen LogP contribution in [0.4, 0.5) is 5.69 Å². The number of aromatic nitrogens is 2. The summed E-state index contributed by atoms with van der Waals surface area (Å²) < 4.78 is 0. The first-order valence-electron chi connectivity index (χ1n) is 9.60. The van der Waals surface area contributed by atoms with E-state index in [1.807, 2.05) is 32.9 Å². The second kappa shape index (κ2) is 7.78. The van der Waals surface area contributed by atoms with Crippen molar-refractivity contribution in [2.24, 2.45) is 5.41 Å². The van der Waals surface area contributed by atoms with Crippen molar-refractivity contribution in [1.82, 2.24) is 14.9 Å². The highest BCUT2D eigenvalue weighted by Gasteiger charge is 2.30. The van der Waals surface area contributed by atoms with Crippen molar-refractivity contribution in [2.75, 3.05) is 37.7 Å². The Bertz CT molecular complexity index is 833. The van der Waals surface area contributed by atoms with Gasteiger partial charge in [-0.3, -0.25) is 9.69 Å². The summed E-state index contributed by atoms with van der Waals surface area (Å²) >= 11 is 6.58. The first-order chi connectivity index (χ1) is 12.8. The van der Waals surface area contributed by atoms with Gasteiger partial charge < -0.3 is 15.0 Å². The molecule has 7 heteroatoms. The smallest absolute Gasteiger partial charge is 0.203 e. The topological polar surface area (TPSA) is 72.5 Å². The third-order valence-corrected chi connectivity index (χ3v) is 6.00. The number of piperazine rings is 1. The number of H-pyrrole nitrogens is 1. The molecular weight excluding hydrogens is 364 g/mol. The fourth-order valence-corrected chi connectivity index (χ4v) is 3.84. The number of nitrogens with zero attached hydrogens (tertiary/aromatic N) is 3. The number of β-amino-alcohol motifs (C(OH)–C–C–N with tert-alkyl or cyclic N) is 1. The highest BCUT2D eigenvalue weighted by Crippen LogP contribution is 2.33. The Labute approximate surface area is 165 Å². The molecule has 0 amide bonds. The molecule has 1 aromatic heterocycles. The fourth-order valence-electron chi connectivity index (χ4n) is 3.56. The average molecular weight is 393 g/mol. The van der Waals surface area contributed by atoms with Crippen LogP contribution in [0.1, 0.15) is 44.7 Å². The van der Waals surface area contributed by atoms with Gasteiger partial charge >= 0.3 is 0 Å². The number of benzene rings is 1. The molecule has 6 nitrogen and oxygen atoms in total. The largest absolute Gasteiger partial charge is 0.395 e. The van der Waals surface area contributed by atoms with E-state index in [0.29, 0.717) is 17.4 Å². The molecule has 1 fully saturated rings. The molecule has 0 saturated carbocycles. The zero-order chi connectivity index (χ0) is 19.8. The fraction of sp³-hybridized carbons (Fsp3) is 0.600. The number of Topliss-reactive ketones (excluding diaryl/α,β-unsaturated/α-hetero) is 1. The summed E-state index contributed by atoms with van der Waals surface area (Å²) in [6.07, 6.45) is 0.754. The minimum Gasteiger partial charge on any atom is -0.395 e. The van der Waals surface area contributed by atoms with Gasteiger partial charge in [-0.2, -0.15) is 0 Å². The minimum atomic E-state index is -0.446. The second-order valence-electron chi connectivity index (χ2n) is 8.04. The number of nitrogens with one attached hydrogen (secondary N) is 1. The first kappa shape index (κ1) is 20.1. The van der Waals surface area contributed by atoms with Gasteiger partial charge in [0.1, 0.15) is 0 Å². The van der Waals surface area contributed by atoms with Gasteiger partial charge in [0.2, 0.25) is 5.78 Å². The van der Waals surface area contributed by atoms with E-state index < -0.39 is 5.41 Å². The number of aromatic amines is 1. The van der Waals surface area contributed by atoms with Gasteiger partial charge in [0, 0.05) is 37.6 Å². The van der Waals surface area contributed by atoms with Gasteiger partial charge in [0.25, 0.3) is 0 Å². The first-order valence-corrected chi connectivity index (χ1v) is 9.98. The summed E-state index contributed by atoms with van der Waals surface area (Å²) in [6.45, 7) is 11.5. The SMILES string of the molecule is CCC(C)(C)C(=O)c1nc2cc(N3CCN(CCO)C[C@H]3C)c(Cl)cc2[nH]1. The number of hydrogen-bond donors (Lipinski definition) is 2. The summed E-state index contributed by atoms with van der Waals surface area (Å²) in [4.78, 5) is 25.0. The molecule has 2 N–H and O–H groups in total. The van der Waals surface area contributed by atoms with Crippen LogP contribution in [0.3, 0.4) is 0 Å². The Balaban J connectivity index is 1.90. The van der Waals surface area contributed by atoms with Gasteiger partial charge in [-0.1, -0.05) is 32.4 Å². The lowest BCUT2D eigenvalue weighted by molar-refractivity contribution is 0.0823. The van der Waals surface area contributed by atoms with Crippen LogP contribution in [-0.4, -0.2) is 64.6 Å². The third kappa shape index (κ3) is 3.98. The summed E-state index contributed by atoms with van der Waals surface area (Å²) in [5, 5.41) is 9.81. The quantitative estimate of drug-likeness (QED) is 0.737. The summed E-state index contributed by atoms with van der Waals surface area (Å²) in [7, 11) is 0. The molecule has 0 spiro atoms. The number of carbonyl (C=O) groups is 1. The number of anilines is 1. The maximum atomic E-state index is 12.7. The van der Waals surface area contributed by atoms with Crippen molar-refractivity contribution < 1.29 is 9.90 Å². The predicted molar refractivity (Wildman–Crippen MR) is 110 cm³/mol. The van der Waals surface area contributed by atoms with E-state index in [4.69, 9.17) is 16.7 Å². The monoisotopic (exact) mass is 392 g/mol. The third-order valence-electron chi connectivity index (χ3n) is 5.70. The summed E-state index contributed by atoms with van der Waals surface area (Å²) in [5.41, 5.74) is 2.04. The van der Waals surface area contributed by atoms with Crippen LogP contribution >= 0.6 is 11.6 Å². The van der Waals surface area contributed by atoms with Crippen LogP contribution in [0.2, 0.25) is 5.02 Å². The zero-order valence-electron chi connectivity index (χ0n) is 16.5. The van der Waals surface area contributed by atoms with E-state index in [0.717, 1.165) is 42.8 Å². The summed E-state index contributed by atoms with van der Waals surface area (Å²) in [6, 6.07) is 4.11. The number of fused-ring (bicyclic) bond motifs is 1. The molecule has 2 heterocycles. The van der Waals surface area contributed by atoms with Crippen molar-refractivity contribution in [3.8, 4) is 0 Å². The molecule has 1 saturated heterocycles. The van der Waals surface area contributed by atoms with Crippen LogP contribution in [-0.2, 0) is 0 Å². The Morgan fingerprint density at radius 3 is 2.78 bits per heavy atom. The van der Waals surface area contributed by atoms with E-state index in [-0.39, 0.29) is 18.4 Å². The lowest BCUT2D eigenvalue weighted by Gasteiger charge is -2.41. The molecule has 0 unspecified atom stereocenters. The van der Waals surface area contributed by atoms with Crippen molar-refractivity contribution >= 4 is 34.1 Å². The predicted octanol–water partition coefficient (Wildman–Crippen LogP) is 3.34. The van der Waals surface area contributed by atoms with E-state index in [2.05, 4.69) is 26.7 Å². The van der Waals surface area contributed by atoms with Gasteiger partial charge in [0.05, 0.1) is 28.4 Å². The molecule has 27 heavy (non-hydrogen) atoms. The van der Waals surface area contributed by atoms with Gasteiger partial charge in [-0.15, -0.1) is 0 Å².